The van der Waals surface area contributed by atoms with E-state index in [1.807, 2.05) is 26.8 Å². The van der Waals surface area contributed by atoms with Crippen LogP contribution in [0.2, 0.25) is 0 Å². The van der Waals surface area contributed by atoms with Gasteiger partial charge in [-0.1, -0.05) is 47.6 Å². The van der Waals surface area contributed by atoms with Crippen molar-refractivity contribution in [2.24, 2.45) is 44.8 Å². The first-order valence-corrected chi connectivity index (χ1v) is 18.1. The van der Waals surface area contributed by atoms with E-state index in [0.717, 1.165) is 24.8 Å². The van der Waals surface area contributed by atoms with E-state index in [4.69, 9.17) is 4.74 Å². The van der Waals surface area contributed by atoms with E-state index < -0.39 is 48.7 Å². The normalized spacial score (nSPS) is 48.2. The zero-order chi connectivity index (χ0) is 32.4. The summed E-state index contributed by atoms with van der Waals surface area (Å²) in [6.45, 7) is 15.3. The molecule has 3 saturated carbocycles. The molecule has 8 nitrogen and oxygen atoms in total. The van der Waals surface area contributed by atoms with Crippen molar-refractivity contribution in [3.05, 3.63) is 23.3 Å². The number of carbonyl (C=O) groups is 2. The molecular weight excluding hydrogens is 576 g/mol. The molecule has 0 amide bonds. The van der Waals surface area contributed by atoms with Crippen molar-refractivity contribution in [2.75, 3.05) is 19.0 Å². The Kier molecular flexibility index (Phi) is 7.00. The number of rotatable bonds is 4. The quantitative estimate of drug-likeness (QED) is 0.447. The Morgan fingerprint density at radius 2 is 1.68 bits per heavy atom. The molecule has 9 heteroatoms. The fourth-order valence-corrected chi connectivity index (χ4v) is 13.2. The lowest BCUT2D eigenvalue weighted by Crippen LogP contribution is -2.74. The molecule has 0 aromatic heterocycles. The van der Waals surface area contributed by atoms with Gasteiger partial charge in [0.15, 0.2) is 11.6 Å². The van der Waals surface area contributed by atoms with Gasteiger partial charge >= 0.3 is 0 Å². The Hall–Kier alpha value is -1.86. The average molecular weight is 627 g/mol. The third kappa shape index (κ3) is 4.12. The molecule has 0 radical (unpaired) electrons. The van der Waals surface area contributed by atoms with Gasteiger partial charge in [0, 0.05) is 34.3 Å². The van der Waals surface area contributed by atoms with Crippen LogP contribution < -0.4 is 4.72 Å². The molecule has 0 aromatic rings. The van der Waals surface area contributed by atoms with Crippen molar-refractivity contribution in [3.63, 3.8) is 0 Å². The van der Waals surface area contributed by atoms with Gasteiger partial charge in [-0.3, -0.25) is 9.59 Å². The lowest BCUT2D eigenvalue weighted by Gasteiger charge is -2.71. The van der Waals surface area contributed by atoms with Gasteiger partial charge in [0.2, 0.25) is 10.0 Å². The first kappa shape index (κ1) is 32.1. The van der Waals surface area contributed by atoms with Crippen molar-refractivity contribution in [2.45, 2.75) is 111 Å². The molecule has 1 unspecified atom stereocenters. The van der Waals surface area contributed by atoms with Crippen LogP contribution >= 0.6 is 0 Å². The highest BCUT2D eigenvalue weighted by atomic mass is 32.2. The van der Waals surface area contributed by atoms with E-state index in [0.29, 0.717) is 45.3 Å². The number of fused-ring (bicyclic) bond motifs is 7. The number of aliphatic hydroxyl groups is 1. The molecule has 1 saturated heterocycles. The smallest absolute Gasteiger partial charge is 0.212 e. The summed E-state index contributed by atoms with van der Waals surface area (Å²) in [4.78, 5) is 27.9. The third-order valence-electron chi connectivity index (χ3n) is 14.1. The molecule has 2 N–H and O–H groups in total. The van der Waals surface area contributed by atoms with Crippen LogP contribution in [-0.2, 0) is 24.3 Å². The van der Waals surface area contributed by atoms with Crippen molar-refractivity contribution in [1.29, 1.82) is 5.26 Å². The number of ether oxygens (including phenoxy) is 1. The number of ketones is 2. The number of carbonyl (C=O) groups excluding carboxylic acids is 2. The molecule has 0 bridgehead atoms. The Morgan fingerprint density at radius 1 is 1.00 bits per heavy atom. The molecule has 0 aromatic carbocycles. The summed E-state index contributed by atoms with van der Waals surface area (Å²) in [6, 6.07) is 2.14. The first-order valence-electron chi connectivity index (χ1n) is 16.5. The summed E-state index contributed by atoms with van der Waals surface area (Å²) >= 11 is 0. The Bertz CT molecular complexity index is 1520. The number of nitrogens with zero attached hydrogens (tertiary/aromatic N) is 1. The largest absolute Gasteiger partial charge is 0.381 e. The van der Waals surface area contributed by atoms with Gasteiger partial charge in [0.1, 0.15) is 11.7 Å². The molecule has 242 valence electrons. The number of hydrogen-bond acceptors (Lipinski definition) is 7. The van der Waals surface area contributed by atoms with Gasteiger partial charge in [-0.2, -0.15) is 5.26 Å². The van der Waals surface area contributed by atoms with Gasteiger partial charge in [-0.05, 0) is 92.6 Å². The molecule has 6 aliphatic rings. The monoisotopic (exact) mass is 626 g/mol. The summed E-state index contributed by atoms with van der Waals surface area (Å²) in [6.07, 6.45) is 8.90. The van der Waals surface area contributed by atoms with E-state index in [9.17, 15) is 28.4 Å². The average Bonchev–Trinajstić information content (AvgIpc) is 3.43. The number of allylic oxidation sites excluding steroid dienone is 3. The maximum Gasteiger partial charge on any atom is 0.212 e. The summed E-state index contributed by atoms with van der Waals surface area (Å²) < 4.78 is 35.2. The summed E-state index contributed by atoms with van der Waals surface area (Å²) in [7, 11) is -3.60. The SMILES string of the molecule is CC1(C)C(=O)C(C#N)=C[C@]2(C)C3=CC(=O)[C@]4(O)[C@@H]5C[C@@](C)(NS(=O)(=O)CC6CCOC6)CC[C@@]5(C)CC[C@@]4(C)[C@]3(C)CC[C@@H]12. The van der Waals surface area contributed by atoms with E-state index in [1.165, 1.54) is 0 Å². The zero-order valence-corrected chi connectivity index (χ0v) is 28.3. The predicted molar refractivity (Wildman–Crippen MR) is 167 cm³/mol. The van der Waals surface area contributed by atoms with Crippen LogP contribution in [0.3, 0.4) is 0 Å². The molecule has 0 spiro atoms. The van der Waals surface area contributed by atoms with Crippen LogP contribution in [0.1, 0.15) is 99.8 Å². The highest BCUT2D eigenvalue weighted by molar-refractivity contribution is 7.89. The number of nitriles is 1. The van der Waals surface area contributed by atoms with Crippen molar-refractivity contribution in [1.82, 2.24) is 4.72 Å². The van der Waals surface area contributed by atoms with Crippen LogP contribution in [-0.4, -0.2) is 55.2 Å². The highest BCUT2D eigenvalue weighted by Gasteiger charge is 2.75. The van der Waals surface area contributed by atoms with Crippen molar-refractivity contribution >= 4 is 21.6 Å². The van der Waals surface area contributed by atoms with Crippen molar-refractivity contribution < 1.29 is 27.9 Å². The fraction of sp³-hybridized carbons (Fsp3) is 0.800. The van der Waals surface area contributed by atoms with Gasteiger partial charge in [0.25, 0.3) is 0 Å². The Morgan fingerprint density at radius 3 is 2.32 bits per heavy atom. The minimum Gasteiger partial charge on any atom is -0.381 e. The van der Waals surface area contributed by atoms with Crippen LogP contribution in [0.4, 0.5) is 0 Å². The Balaban J connectivity index is 1.42. The van der Waals surface area contributed by atoms with Gasteiger partial charge in [-0.25, -0.2) is 13.1 Å². The van der Waals surface area contributed by atoms with E-state index >= 15 is 0 Å². The van der Waals surface area contributed by atoms with Crippen molar-refractivity contribution in [3.8, 4) is 6.07 Å². The summed E-state index contributed by atoms with van der Waals surface area (Å²) in [5, 5.41) is 23.0. The van der Waals surface area contributed by atoms with Gasteiger partial charge < -0.3 is 9.84 Å². The fourth-order valence-electron chi connectivity index (χ4n) is 11.3. The number of sulfonamides is 1. The third-order valence-corrected chi connectivity index (χ3v) is 15.8. The molecule has 5 aliphatic carbocycles. The number of nitrogens with one attached hydrogen (secondary N) is 1. The molecule has 1 aliphatic heterocycles. The first-order chi connectivity index (χ1) is 20.2. The standard InChI is InChI=1S/C35H50N2O6S/c1-29(2)24-8-10-33(6)25(32(24,5)17-23(19-36)28(29)39)16-27(38)35(40)26-18-31(4,13-11-30(26,3)12-14-34(33,35)7)37-44(41,42)21-22-9-15-43-20-22/h16-17,22,24,26,37,40H,8-15,18,20-21H2,1-7H3/t22?,24-,26+,30-,31-,32-,33+,34-,35+/m0/s1. The topological polar surface area (TPSA) is 134 Å². The molecule has 1 heterocycles. The second kappa shape index (κ2) is 9.59. The number of hydrogen-bond donors (Lipinski definition) is 2. The summed E-state index contributed by atoms with van der Waals surface area (Å²) in [5.41, 5.74) is -4.54. The maximum atomic E-state index is 14.6. The molecule has 4 fully saturated rings. The minimum absolute atomic E-state index is 0.0202. The van der Waals surface area contributed by atoms with Gasteiger partial charge in [-0.15, -0.1) is 0 Å². The zero-order valence-electron chi connectivity index (χ0n) is 27.5. The molecular formula is C35H50N2O6S. The highest BCUT2D eigenvalue weighted by Crippen LogP contribution is 2.75. The molecule has 9 atom stereocenters. The van der Waals surface area contributed by atoms with Crippen LogP contribution in [0.25, 0.3) is 0 Å². The van der Waals surface area contributed by atoms with Gasteiger partial charge in [0.05, 0.1) is 17.9 Å². The van der Waals surface area contributed by atoms with E-state index in [1.54, 1.807) is 6.08 Å². The molecule has 6 rings (SSSR count). The lowest BCUT2D eigenvalue weighted by molar-refractivity contribution is -0.239. The Labute approximate surface area is 263 Å². The summed E-state index contributed by atoms with van der Waals surface area (Å²) in [5.74, 6) is -0.980. The molecule has 44 heavy (non-hydrogen) atoms. The van der Waals surface area contributed by atoms with E-state index in [-0.39, 0.29) is 40.1 Å². The maximum absolute atomic E-state index is 14.6. The predicted octanol–water partition coefficient (Wildman–Crippen LogP) is 5.03. The van der Waals surface area contributed by atoms with Crippen LogP contribution in [0, 0.1) is 56.2 Å². The minimum atomic E-state index is -3.60. The number of Topliss-reactive ketones (excluding diaryl/α,β-unsaturated/α-hetero) is 1. The second-order valence-electron chi connectivity index (χ2n) is 17.0. The van der Waals surface area contributed by atoms with E-state index in [2.05, 4.69) is 38.5 Å². The van der Waals surface area contributed by atoms with Crippen LogP contribution in [0.15, 0.2) is 23.3 Å². The van der Waals surface area contributed by atoms with Crippen LogP contribution in [0.5, 0.6) is 0 Å². The second-order valence-corrected chi connectivity index (χ2v) is 18.8. The lowest BCUT2D eigenvalue weighted by atomic mass is 9.33.